The zero-order chi connectivity index (χ0) is 9.38. The van der Waals surface area contributed by atoms with Gasteiger partial charge in [0.1, 0.15) is 5.82 Å². The Morgan fingerprint density at radius 1 is 1.14 bits per heavy atom. The first kappa shape index (κ1) is 8.27. The second kappa shape index (κ2) is 3.26. The molecule has 2 saturated carbocycles. The number of pyridine rings is 1. The van der Waals surface area contributed by atoms with E-state index < -0.39 is 0 Å². The molecular weight excluding hydrogens is 172 g/mol. The van der Waals surface area contributed by atoms with E-state index in [1.54, 1.807) is 0 Å². The zero-order valence-corrected chi connectivity index (χ0v) is 8.32. The van der Waals surface area contributed by atoms with E-state index in [1.807, 2.05) is 18.3 Å². The highest BCUT2D eigenvalue weighted by Crippen LogP contribution is 2.45. The van der Waals surface area contributed by atoms with E-state index >= 15 is 0 Å². The number of anilines is 1. The second-order valence-corrected chi connectivity index (χ2v) is 4.56. The molecule has 3 rings (SSSR count). The van der Waals surface area contributed by atoms with Gasteiger partial charge >= 0.3 is 0 Å². The SMILES string of the molecule is c1ccc(NC(C2CC2)C2CC2)nc1. The van der Waals surface area contributed by atoms with Crippen molar-refractivity contribution in [3.63, 3.8) is 0 Å². The summed E-state index contributed by atoms with van der Waals surface area (Å²) in [6.45, 7) is 0. The molecule has 1 aromatic rings. The molecule has 0 atom stereocenters. The van der Waals surface area contributed by atoms with Crippen molar-refractivity contribution in [2.24, 2.45) is 11.8 Å². The maximum absolute atomic E-state index is 4.33. The van der Waals surface area contributed by atoms with Gasteiger partial charge in [-0.25, -0.2) is 4.98 Å². The highest BCUT2D eigenvalue weighted by Gasteiger charge is 2.41. The summed E-state index contributed by atoms with van der Waals surface area (Å²) in [6, 6.07) is 6.79. The van der Waals surface area contributed by atoms with E-state index in [-0.39, 0.29) is 0 Å². The van der Waals surface area contributed by atoms with Gasteiger partial charge in [-0.2, -0.15) is 0 Å². The van der Waals surface area contributed by atoms with Crippen molar-refractivity contribution in [1.29, 1.82) is 0 Å². The van der Waals surface area contributed by atoms with Crippen LogP contribution < -0.4 is 5.32 Å². The number of hydrogen-bond donors (Lipinski definition) is 1. The molecule has 0 aromatic carbocycles. The van der Waals surface area contributed by atoms with Crippen LogP contribution in [-0.2, 0) is 0 Å². The summed E-state index contributed by atoms with van der Waals surface area (Å²) in [7, 11) is 0. The van der Waals surface area contributed by atoms with Gasteiger partial charge in [0, 0.05) is 12.2 Å². The lowest BCUT2D eigenvalue weighted by atomic mass is 10.1. The van der Waals surface area contributed by atoms with Gasteiger partial charge in [-0.3, -0.25) is 0 Å². The molecule has 0 spiro atoms. The molecule has 2 aliphatic rings. The maximum Gasteiger partial charge on any atom is 0.126 e. The quantitative estimate of drug-likeness (QED) is 0.785. The lowest BCUT2D eigenvalue weighted by molar-refractivity contribution is 0.566. The monoisotopic (exact) mass is 188 g/mol. The van der Waals surface area contributed by atoms with Gasteiger partial charge < -0.3 is 5.32 Å². The van der Waals surface area contributed by atoms with Crippen LogP contribution in [0.4, 0.5) is 5.82 Å². The average Bonchev–Trinajstić information content (AvgIpc) is 3.08. The molecule has 2 aliphatic carbocycles. The van der Waals surface area contributed by atoms with Crippen LogP contribution in [-0.4, -0.2) is 11.0 Å². The third kappa shape index (κ3) is 1.74. The first-order chi connectivity index (χ1) is 6.93. The molecule has 2 nitrogen and oxygen atoms in total. The van der Waals surface area contributed by atoms with E-state index in [2.05, 4.69) is 16.4 Å². The van der Waals surface area contributed by atoms with Crippen molar-refractivity contribution in [1.82, 2.24) is 4.98 Å². The minimum Gasteiger partial charge on any atom is -0.367 e. The number of hydrogen-bond acceptors (Lipinski definition) is 2. The van der Waals surface area contributed by atoms with Crippen LogP contribution in [0.15, 0.2) is 24.4 Å². The Kier molecular flexibility index (Phi) is 1.93. The normalized spacial score (nSPS) is 21.2. The summed E-state index contributed by atoms with van der Waals surface area (Å²) < 4.78 is 0. The van der Waals surface area contributed by atoms with Gasteiger partial charge in [0.2, 0.25) is 0 Å². The van der Waals surface area contributed by atoms with Crippen LogP contribution in [0.2, 0.25) is 0 Å². The van der Waals surface area contributed by atoms with Crippen molar-refractivity contribution in [3.8, 4) is 0 Å². The van der Waals surface area contributed by atoms with Crippen molar-refractivity contribution in [2.45, 2.75) is 31.7 Å². The van der Waals surface area contributed by atoms with Gasteiger partial charge in [-0.05, 0) is 49.7 Å². The van der Waals surface area contributed by atoms with Crippen LogP contribution in [0, 0.1) is 11.8 Å². The summed E-state index contributed by atoms with van der Waals surface area (Å²) in [5, 5.41) is 3.59. The lowest BCUT2D eigenvalue weighted by Crippen LogP contribution is -2.24. The Bertz CT molecular complexity index is 289. The van der Waals surface area contributed by atoms with Gasteiger partial charge in [0.15, 0.2) is 0 Å². The minimum atomic E-state index is 0.713. The van der Waals surface area contributed by atoms with Crippen LogP contribution in [0.5, 0.6) is 0 Å². The van der Waals surface area contributed by atoms with E-state index in [0.29, 0.717) is 6.04 Å². The molecular formula is C12H16N2. The highest BCUT2D eigenvalue weighted by atomic mass is 15.0. The zero-order valence-electron chi connectivity index (χ0n) is 8.32. The predicted octanol–water partition coefficient (Wildman–Crippen LogP) is 2.68. The highest BCUT2D eigenvalue weighted by molar-refractivity contribution is 5.36. The van der Waals surface area contributed by atoms with Crippen molar-refractivity contribution in [3.05, 3.63) is 24.4 Å². The molecule has 0 unspecified atom stereocenters. The standard InChI is InChI=1S/C12H16N2/c1-2-8-13-11(3-1)14-12(9-4-5-9)10-6-7-10/h1-3,8-10,12H,4-7H2,(H,13,14). The smallest absolute Gasteiger partial charge is 0.126 e. The third-order valence-electron chi connectivity index (χ3n) is 3.24. The summed E-state index contributed by atoms with van der Waals surface area (Å²) in [6.07, 6.45) is 7.53. The molecule has 0 saturated heterocycles. The molecule has 14 heavy (non-hydrogen) atoms. The fourth-order valence-corrected chi connectivity index (χ4v) is 2.15. The van der Waals surface area contributed by atoms with Gasteiger partial charge in [-0.15, -0.1) is 0 Å². The van der Waals surface area contributed by atoms with Crippen molar-refractivity contribution < 1.29 is 0 Å². The molecule has 2 heteroatoms. The van der Waals surface area contributed by atoms with Gasteiger partial charge in [0.25, 0.3) is 0 Å². The van der Waals surface area contributed by atoms with Crippen molar-refractivity contribution >= 4 is 5.82 Å². The molecule has 2 fully saturated rings. The first-order valence-corrected chi connectivity index (χ1v) is 5.61. The topological polar surface area (TPSA) is 24.9 Å². The average molecular weight is 188 g/mol. The van der Waals surface area contributed by atoms with Crippen molar-refractivity contribution in [2.75, 3.05) is 5.32 Å². The fourth-order valence-electron chi connectivity index (χ4n) is 2.15. The summed E-state index contributed by atoms with van der Waals surface area (Å²) in [4.78, 5) is 4.33. The Morgan fingerprint density at radius 3 is 2.36 bits per heavy atom. The molecule has 0 radical (unpaired) electrons. The van der Waals surface area contributed by atoms with Gasteiger partial charge in [-0.1, -0.05) is 6.07 Å². The van der Waals surface area contributed by atoms with E-state index in [9.17, 15) is 0 Å². The predicted molar refractivity (Wildman–Crippen MR) is 57.1 cm³/mol. The fraction of sp³-hybridized carbons (Fsp3) is 0.583. The lowest BCUT2D eigenvalue weighted by Gasteiger charge is -2.17. The largest absolute Gasteiger partial charge is 0.367 e. The first-order valence-electron chi connectivity index (χ1n) is 5.61. The Labute approximate surface area is 84.7 Å². The molecule has 0 bridgehead atoms. The Morgan fingerprint density at radius 2 is 1.86 bits per heavy atom. The molecule has 1 heterocycles. The number of rotatable bonds is 4. The van der Waals surface area contributed by atoms with Crippen LogP contribution >= 0.6 is 0 Å². The Hall–Kier alpha value is -1.05. The summed E-state index contributed by atoms with van der Waals surface area (Å²) >= 11 is 0. The van der Waals surface area contributed by atoms with Gasteiger partial charge in [0.05, 0.1) is 0 Å². The number of nitrogens with zero attached hydrogens (tertiary/aromatic N) is 1. The molecule has 1 N–H and O–H groups in total. The number of nitrogens with one attached hydrogen (secondary N) is 1. The molecule has 74 valence electrons. The van der Waals surface area contributed by atoms with E-state index in [4.69, 9.17) is 0 Å². The van der Waals surface area contributed by atoms with E-state index in [1.165, 1.54) is 25.7 Å². The van der Waals surface area contributed by atoms with Crippen LogP contribution in [0.25, 0.3) is 0 Å². The third-order valence-corrected chi connectivity index (χ3v) is 3.24. The minimum absolute atomic E-state index is 0.713. The molecule has 0 aliphatic heterocycles. The number of aromatic nitrogens is 1. The Balaban J connectivity index is 1.69. The molecule has 0 amide bonds. The summed E-state index contributed by atoms with van der Waals surface area (Å²) in [5.41, 5.74) is 0. The maximum atomic E-state index is 4.33. The second-order valence-electron chi connectivity index (χ2n) is 4.56. The van der Waals surface area contributed by atoms with E-state index in [0.717, 1.165) is 17.7 Å². The van der Waals surface area contributed by atoms with Crippen LogP contribution in [0.1, 0.15) is 25.7 Å². The summed E-state index contributed by atoms with van der Waals surface area (Å²) in [5.74, 6) is 2.92. The molecule has 1 aromatic heterocycles. The van der Waals surface area contributed by atoms with Crippen LogP contribution in [0.3, 0.4) is 0 Å².